The number of aryl methyl sites for hydroxylation is 1. The maximum Gasteiger partial charge on any atom is 0.308 e. The molecule has 2 aromatic rings. The van der Waals surface area contributed by atoms with Crippen LogP contribution >= 0.6 is 0 Å². The Labute approximate surface area is 171 Å². The van der Waals surface area contributed by atoms with Gasteiger partial charge in [0.25, 0.3) is 5.91 Å². The van der Waals surface area contributed by atoms with Crippen LogP contribution in [0.1, 0.15) is 56.0 Å². The number of hydrogen-bond acceptors (Lipinski definition) is 4. The van der Waals surface area contributed by atoms with Crippen LogP contribution in [-0.4, -0.2) is 24.4 Å². The molecule has 154 valence electrons. The molecule has 0 bridgehead atoms. The van der Waals surface area contributed by atoms with E-state index in [-0.39, 0.29) is 30.9 Å². The molecule has 0 fully saturated rings. The standard InChI is InChI=1S/C23H28N2O4/c1-4-18-10-12-19(13-11-18)16(2)24-22(27)15-29-23(28)14-21(25-17(3)26)20-8-6-5-7-9-20/h5-13,16,21H,4,14-15H2,1-3H3,(H,24,27)(H,25,26)/t16-,21+/m1/s1. The van der Waals surface area contributed by atoms with Crippen molar-refractivity contribution in [3.05, 3.63) is 71.3 Å². The highest BCUT2D eigenvalue weighted by atomic mass is 16.5. The Balaban J connectivity index is 1.84. The largest absolute Gasteiger partial charge is 0.456 e. The maximum absolute atomic E-state index is 12.2. The second-order valence-electron chi connectivity index (χ2n) is 6.91. The summed E-state index contributed by atoms with van der Waals surface area (Å²) in [6.07, 6.45) is 0.907. The molecular formula is C23H28N2O4. The average Bonchev–Trinajstić information content (AvgIpc) is 2.72. The Morgan fingerprint density at radius 2 is 1.59 bits per heavy atom. The van der Waals surface area contributed by atoms with E-state index in [0.717, 1.165) is 17.5 Å². The third-order valence-electron chi connectivity index (χ3n) is 4.58. The Hall–Kier alpha value is -3.15. The van der Waals surface area contributed by atoms with Crippen molar-refractivity contribution in [2.75, 3.05) is 6.61 Å². The molecule has 0 saturated carbocycles. The third kappa shape index (κ3) is 7.41. The van der Waals surface area contributed by atoms with Crippen molar-refractivity contribution in [3.63, 3.8) is 0 Å². The highest BCUT2D eigenvalue weighted by Gasteiger charge is 2.19. The molecule has 0 heterocycles. The molecule has 6 nitrogen and oxygen atoms in total. The lowest BCUT2D eigenvalue weighted by molar-refractivity contribution is -0.149. The molecule has 0 spiro atoms. The summed E-state index contributed by atoms with van der Waals surface area (Å²) >= 11 is 0. The number of carbonyl (C=O) groups excluding carboxylic acids is 3. The van der Waals surface area contributed by atoms with Gasteiger partial charge in [0.15, 0.2) is 6.61 Å². The van der Waals surface area contributed by atoms with Crippen molar-refractivity contribution in [3.8, 4) is 0 Å². The minimum absolute atomic E-state index is 0.0507. The van der Waals surface area contributed by atoms with Crippen molar-refractivity contribution in [2.24, 2.45) is 0 Å². The van der Waals surface area contributed by atoms with Crippen LogP contribution in [0.3, 0.4) is 0 Å². The van der Waals surface area contributed by atoms with E-state index in [2.05, 4.69) is 17.6 Å². The SMILES string of the molecule is CCc1ccc([C@@H](C)NC(=O)COC(=O)C[C@H](NC(C)=O)c2ccccc2)cc1. The molecule has 0 radical (unpaired) electrons. The first-order valence-corrected chi connectivity index (χ1v) is 9.75. The molecule has 2 rings (SSSR count). The minimum Gasteiger partial charge on any atom is -0.456 e. The van der Waals surface area contributed by atoms with Gasteiger partial charge in [0.2, 0.25) is 5.91 Å². The van der Waals surface area contributed by atoms with Crippen LogP contribution in [0.2, 0.25) is 0 Å². The van der Waals surface area contributed by atoms with E-state index in [0.29, 0.717) is 0 Å². The van der Waals surface area contributed by atoms with Gasteiger partial charge in [0.1, 0.15) is 0 Å². The molecule has 2 N–H and O–H groups in total. The van der Waals surface area contributed by atoms with Gasteiger partial charge in [-0.05, 0) is 30.0 Å². The van der Waals surface area contributed by atoms with Gasteiger partial charge in [0.05, 0.1) is 18.5 Å². The van der Waals surface area contributed by atoms with E-state index in [1.807, 2.05) is 61.5 Å². The lowest BCUT2D eigenvalue weighted by atomic mass is 10.0. The zero-order chi connectivity index (χ0) is 21.2. The lowest BCUT2D eigenvalue weighted by Crippen LogP contribution is -2.32. The third-order valence-corrected chi connectivity index (χ3v) is 4.58. The number of nitrogens with one attached hydrogen (secondary N) is 2. The molecule has 6 heteroatoms. The number of carbonyl (C=O) groups is 3. The molecule has 2 aromatic carbocycles. The van der Waals surface area contributed by atoms with Crippen LogP contribution < -0.4 is 10.6 Å². The number of esters is 1. The zero-order valence-corrected chi connectivity index (χ0v) is 17.1. The molecule has 0 unspecified atom stereocenters. The summed E-state index contributed by atoms with van der Waals surface area (Å²) in [6, 6.07) is 16.5. The Morgan fingerprint density at radius 3 is 2.17 bits per heavy atom. The Morgan fingerprint density at radius 1 is 0.931 bits per heavy atom. The van der Waals surface area contributed by atoms with Gasteiger partial charge >= 0.3 is 5.97 Å². The van der Waals surface area contributed by atoms with Gasteiger partial charge in [-0.2, -0.15) is 0 Å². The van der Waals surface area contributed by atoms with Crippen LogP contribution in [0.15, 0.2) is 54.6 Å². The topological polar surface area (TPSA) is 84.5 Å². The second kappa shape index (κ2) is 11.0. The molecule has 0 saturated heterocycles. The van der Waals surface area contributed by atoms with Crippen molar-refractivity contribution in [1.82, 2.24) is 10.6 Å². The van der Waals surface area contributed by atoms with Gasteiger partial charge in [0, 0.05) is 6.92 Å². The lowest BCUT2D eigenvalue weighted by Gasteiger charge is -2.18. The maximum atomic E-state index is 12.2. The summed E-state index contributed by atoms with van der Waals surface area (Å²) in [5, 5.41) is 5.56. The first-order valence-electron chi connectivity index (χ1n) is 9.75. The highest BCUT2D eigenvalue weighted by molar-refractivity contribution is 5.81. The number of rotatable bonds is 9. The van der Waals surface area contributed by atoms with Gasteiger partial charge in [-0.1, -0.05) is 61.5 Å². The van der Waals surface area contributed by atoms with Gasteiger partial charge < -0.3 is 15.4 Å². The zero-order valence-electron chi connectivity index (χ0n) is 17.1. The Bertz CT molecular complexity index is 819. The summed E-state index contributed by atoms with van der Waals surface area (Å²) in [6.45, 7) is 4.99. The van der Waals surface area contributed by atoms with Crippen molar-refractivity contribution < 1.29 is 19.1 Å². The van der Waals surface area contributed by atoms with E-state index < -0.39 is 12.0 Å². The van der Waals surface area contributed by atoms with Crippen LogP contribution in [-0.2, 0) is 25.5 Å². The number of amides is 2. The smallest absolute Gasteiger partial charge is 0.308 e. The van der Waals surface area contributed by atoms with Crippen molar-refractivity contribution >= 4 is 17.8 Å². The Kier molecular flexibility index (Phi) is 8.40. The number of hydrogen-bond donors (Lipinski definition) is 2. The fraction of sp³-hybridized carbons (Fsp3) is 0.348. The molecule has 2 atom stereocenters. The first kappa shape index (κ1) is 22.1. The van der Waals surface area contributed by atoms with Crippen LogP contribution in [0.4, 0.5) is 0 Å². The van der Waals surface area contributed by atoms with E-state index in [1.54, 1.807) is 0 Å². The molecule has 0 aliphatic rings. The monoisotopic (exact) mass is 396 g/mol. The summed E-state index contributed by atoms with van der Waals surface area (Å²) in [4.78, 5) is 35.8. The van der Waals surface area contributed by atoms with E-state index in [9.17, 15) is 14.4 Å². The number of benzene rings is 2. The quantitative estimate of drug-likeness (QED) is 0.638. The number of ether oxygens (including phenoxy) is 1. The van der Waals surface area contributed by atoms with Crippen LogP contribution in [0, 0.1) is 0 Å². The molecule has 0 aliphatic carbocycles. The normalized spacial score (nSPS) is 12.5. The second-order valence-corrected chi connectivity index (χ2v) is 6.91. The molecule has 2 amide bonds. The first-order chi connectivity index (χ1) is 13.9. The molecule has 0 aromatic heterocycles. The molecular weight excluding hydrogens is 368 g/mol. The summed E-state index contributed by atoms with van der Waals surface area (Å²) in [5.41, 5.74) is 3.01. The highest BCUT2D eigenvalue weighted by Crippen LogP contribution is 2.17. The average molecular weight is 396 g/mol. The summed E-state index contributed by atoms with van der Waals surface area (Å²) < 4.78 is 5.11. The van der Waals surface area contributed by atoms with Crippen molar-refractivity contribution in [1.29, 1.82) is 0 Å². The van der Waals surface area contributed by atoms with E-state index in [4.69, 9.17) is 4.74 Å². The fourth-order valence-electron chi connectivity index (χ4n) is 2.96. The molecule has 29 heavy (non-hydrogen) atoms. The van der Waals surface area contributed by atoms with Gasteiger partial charge in [-0.15, -0.1) is 0 Å². The van der Waals surface area contributed by atoms with E-state index in [1.165, 1.54) is 12.5 Å². The van der Waals surface area contributed by atoms with E-state index >= 15 is 0 Å². The van der Waals surface area contributed by atoms with Crippen LogP contribution in [0.25, 0.3) is 0 Å². The molecule has 0 aliphatic heterocycles. The fourth-order valence-corrected chi connectivity index (χ4v) is 2.96. The van der Waals surface area contributed by atoms with Gasteiger partial charge in [-0.25, -0.2) is 0 Å². The predicted molar refractivity (Wildman–Crippen MR) is 111 cm³/mol. The van der Waals surface area contributed by atoms with Crippen LogP contribution in [0.5, 0.6) is 0 Å². The van der Waals surface area contributed by atoms with Gasteiger partial charge in [-0.3, -0.25) is 14.4 Å². The minimum atomic E-state index is -0.553. The summed E-state index contributed by atoms with van der Waals surface area (Å²) in [7, 11) is 0. The predicted octanol–water partition coefficient (Wildman–Crippen LogP) is 3.24. The summed E-state index contributed by atoms with van der Waals surface area (Å²) in [5.74, 6) is -1.17. The van der Waals surface area contributed by atoms with Crippen molar-refractivity contribution in [2.45, 2.75) is 45.7 Å².